The molecule has 1 aliphatic rings. The third kappa shape index (κ3) is 5.34. The van der Waals surface area contributed by atoms with Crippen molar-refractivity contribution in [2.45, 2.75) is 35.9 Å². The number of anilines is 2. The van der Waals surface area contributed by atoms with Gasteiger partial charge in [0, 0.05) is 16.8 Å². The third-order valence-electron chi connectivity index (χ3n) is 4.14. The molecule has 0 aliphatic carbocycles. The first-order valence-electron chi connectivity index (χ1n) is 8.26. The molecule has 27 heavy (non-hydrogen) atoms. The van der Waals surface area contributed by atoms with Gasteiger partial charge in [-0.25, -0.2) is 8.42 Å². The van der Waals surface area contributed by atoms with Crippen LogP contribution in [0.2, 0.25) is 5.02 Å². The Labute approximate surface area is 171 Å². The van der Waals surface area contributed by atoms with Crippen molar-refractivity contribution in [2.75, 3.05) is 16.8 Å². The lowest BCUT2D eigenvalue weighted by molar-refractivity contribution is -0.120. The van der Waals surface area contributed by atoms with E-state index in [-0.39, 0.29) is 23.5 Å². The van der Waals surface area contributed by atoms with Crippen molar-refractivity contribution < 1.29 is 13.2 Å². The smallest absolute Gasteiger partial charge is 0.233 e. The number of thioether (sulfide) groups is 1. The molecule has 2 heterocycles. The molecule has 1 saturated heterocycles. The number of nitrogens with zero attached hydrogens (tertiary/aromatic N) is 2. The van der Waals surface area contributed by atoms with Gasteiger partial charge in [0.25, 0.3) is 0 Å². The standard InChI is InChI=1S/C16H19ClN4O3S3/c1-9-12(17)4-3-5-13(9)19-15-20-21-16(26-15)25-10(2)14(22)18-11-6-7-27(23,24)8-11/h3-5,10-11H,6-8H2,1-2H3,(H,18,22)(H,19,20). The summed E-state index contributed by atoms with van der Waals surface area (Å²) in [5, 5.41) is 15.1. The minimum absolute atomic E-state index is 0.0159. The first kappa shape index (κ1) is 20.4. The second-order valence-electron chi connectivity index (χ2n) is 6.28. The van der Waals surface area contributed by atoms with Gasteiger partial charge in [-0.15, -0.1) is 10.2 Å². The average Bonchev–Trinajstić information content (AvgIpc) is 3.17. The van der Waals surface area contributed by atoms with Crippen LogP contribution < -0.4 is 10.6 Å². The molecule has 7 nitrogen and oxygen atoms in total. The number of benzene rings is 1. The molecule has 2 atom stereocenters. The van der Waals surface area contributed by atoms with Gasteiger partial charge < -0.3 is 10.6 Å². The van der Waals surface area contributed by atoms with E-state index in [0.29, 0.717) is 20.9 Å². The molecule has 2 aromatic rings. The highest BCUT2D eigenvalue weighted by Crippen LogP contribution is 2.32. The number of aromatic nitrogens is 2. The quantitative estimate of drug-likeness (QED) is 0.657. The second kappa shape index (κ2) is 8.34. The van der Waals surface area contributed by atoms with Crippen LogP contribution in [-0.4, -0.2) is 47.3 Å². The monoisotopic (exact) mass is 446 g/mol. The van der Waals surface area contributed by atoms with Gasteiger partial charge >= 0.3 is 0 Å². The van der Waals surface area contributed by atoms with E-state index in [2.05, 4.69) is 20.8 Å². The molecule has 146 valence electrons. The molecule has 1 fully saturated rings. The number of halogens is 1. The largest absolute Gasteiger partial charge is 0.351 e. The summed E-state index contributed by atoms with van der Waals surface area (Å²) in [4.78, 5) is 12.3. The SMILES string of the molecule is Cc1c(Cl)cccc1Nc1nnc(SC(C)C(=O)NC2CCS(=O)(=O)C2)s1. The molecule has 0 saturated carbocycles. The Morgan fingerprint density at radius 1 is 1.41 bits per heavy atom. The molecule has 2 N–H and O–H groups in total. The van der Waals surface area contributed by atoms with Crippen molar-refractivity contribution in [1.29, 1.82) is 0 Å². The Hall–Kier alpha value is -1.36. The van der Waals surface area contributed by atoms with Crippen LogP contribution in [0.15, 0.2) is 22.5 Å². The van der Waals surface area contributed by atoms with E-state index in [1.165, 1.54) is 23.1 Å². The second-order valence-corrected chi connectivity index (χ2v) is 11.5. The number of sulfone groups is 1. The van der Waals surface area contributed by atoms with E-state index < -0.39 is 15.1 Å². The van der Waals surface area contributed by atoms with Crippen molar-refractivity contribution in [3.8, 4) is 0 Å². The molecule has 0 bridgehead atoms. The van der Waals surface area contributed by atoms with Gasteiger partial charge in [0.15, 0.2) is 14.2 Å². The lowest BCUT2D eigenvalue weighted by Crippen LogP contribution is -2.39. The van der Waals surface area contributed by atoms with Crippen LogP contribution in [0.3, 0.4) is 0 Å². The average molecular weight is 447 g/mol. The molecule has 1 aromatic heterocycles. The predicted molar refractivity (Wildman–Crippen MR) is 110 cm³/mol. The van der Waals surface area contributed by atoms with E-state index in [0.717, 1.165) is 11.3 Å². The molecule has 11 heteroatoms. The molecule has 1 aromatic carbocycles. The number of carbonyl (C=O) groups is 1. The zero-order chi connectivity index (χ0) is 19.6. The summed E-state index contributed by atoms with van der Waals surface area (Å²) in [6, 6.07) is 5.27. The molecule has 0 spiro atoms. The van der Waals surface area contributed by atoms with Gasteiger partial charge in [-0.3, -0.25) is 4.79 Å². The van der Waals surface area contributed by atoms with E-state index in [4.69, 9.17) is 11.6 Å². The predicted octanol–water partition coefficient (Wildman–Crippen LogP) is 3.03. The Bertz CT molecular complexity index is 948. The number of nitrogens with one attached hydrogen (secondary N) is 2. The molecule has 0 radical (unpaired) electrons. The van der Waals surface area contributed by atoms with Crippen molar-refractivity contribution in [3.05, 3.63) is 28.8 Å². The van der Waals surface area contributed by atoms with Crippen LogP contribution in [-0.2, 0) is 14.6 Å². The van der Waals surface area contributed by atoms with E-state index in [9.17, 15) is 13.2 Å². The number of rotatable bonds is 6. The van der Waals surface area contributed by atoms with Crippen molar-refractivity contribution in [2.24, 2.45) is 0 Å². The Morgan fingerprint density at radius 2 is 2.19 bits per heavy atom. The lowest BCUT2D eigenvalue weighted by atomic mass is 10.2. The number of amides is 1. The van der Waals surface area contributed by atoms with Crippen molar-refractivity contribution in [3.63, 3.8) is 0 Å². The minimum Gasteiger partial charge on any atom is -0.351 e. The van der Waals surface area contributed by atoms with Crippen molar-refractivity contribution in [1.82, 2.24) is 15.5 Å². The van der Waals surface area contributed by atoms with Crippen LogP contribution >= 0.6 is 34.7 Å². The van der Waals surface area contributed by atoms with Gasteiger partial charge in [0.2, 0.25) is 11.0 Å². The maximum atomic E-state index is 12.3. The Morgan fingerprint density at radius 3 is 2.89 bits per heavy atom. The van der Waals surface area contributed by atoms with Gasteiger partial charge in [-0.2, -0.15) is 0 Å². The van der Waals surface area contributed by atoms with Crippen LogP contribution in [0, 0.1) is 6.92 Å². The zero-order valence-corrected chi connectivity index (χ0v) is 17.9. The summed E-state index contributed by atoms with van der Waals surface area (Å²) in [5.41, 5.74) is 1.77. The normalized spacial score (nSPS) is 19.6. The summed E-state index contributed by atoms with van der Waals surface area (Å²) >= 11 is 8.75. The number of carbonyl (C=O) groups excluding carboxylic acids is 1. The summed E-state index contributed by atoms with van der Waals surface area (Å²) < 4.78 is 23.6. The molecule has 1 aliphatic heterocycles. The van der Waals surface area contributed by atoms with E-state index in [1.807, 2.05) is 25.1 Å². The maximum Gasteiger partial charge on any atom is 0.233 e. The summed E-state index contributed by atoms with van der Waals surface area (Å²) in [5.74, 6) is -0.0481. The fourth-order valence-electron chi connectivity index (χ4n) is 2.60. The minimum atomic E-state index is -3.02. The van der Waals surface area contributed by atoms with Gasteiger partial charge in [-0.05, 0) is 38.0 Å². The van der Waals surface area contributed by atoms with Crippen LogP contribution in [0.25, 0.3) is 0 Å². The van der Waals surface area contributed by atoms with Gasteiger partial charge in [-0.1, -0.05) is 40.8 Å². The summed E-state index contributed by atoms with van der Waals surface area (Å²) in [6.45, 7) is 3.68. The van der Waals surface area contributed by atoms with Crippen LogP contribution in [0.5, 0.6) is 0 Å². The molecule has 1 amide bonds. The van der Waals surface area contributed by atoms with Gasteiger partial charge in [0.1, 0.15) is 0 Å². The molecule has 2 unspecified atom stereocenters. The lowest BCUT2D eigenvalue weighted by Gasteiger charge is -2.14. The zero-order valence-electron chi connectivity index (χ0n) is 14.7. The fraction of sp³-hybridized carbons (Fsp3) is 0.438. The number of hydrogen-bond donors (Lipinski definition) is 2. The Kier molecular flexibility index (Phi) is 6.29. The van der Waals surface area contributed by atoms with Crippen LogP contribution in [0.4, 0.5) is 10.8 Å². The summed E-state index contributed by atoms with van der Waals surface area (Å²) in [6.07, 6.45) is 0.470. The molecule has 3 rings (SSSR count). The maximum absolute atomic E-state index is 12.3. The van der Waals surface area contributed by atoms with E-state index >= 15 is 0 Å². The van der Waals surface area contributed by atoms with Crippen molar-refractivity contribution >= 4 is 61.3 Å². The fourth-order valence-corrected chi connectivity index (χ4v) is 6.36. The third-order valence-corrected chi connectivity index (χ3v) is 8.34. The highest BCUT2D eigenvalue weighted by atomic mass is 35.5. The van der Waals surface area contributed by atoms with Gasteiger partial charge in [0.05, 0.1) is 16.8 Å². The van der Waals surface area contributed by atoms with E-state index in [1.54, 1.807) is 6.92 Å². The number of hydrogen-bond acceptors (Lipinski definition) is 8. The Balaban J connectivity index is 1.57. The first-order valence-corrected chi connectivity index (χ1v) is 12.2. The van der Waals surface area contributed by atoms with Crippen LogP contribution in [0.1, 0.15) is 18.9 Å². The topological polar surface area (TPSA) is 101 Å². The first-order chi connectivity index (χ1) is 12.7. The highest BCUT2D eigenvalue weighted by Gasteiger charge is 2.30. The summed E-state index contributed by atoms with van der Waals surface area (Å²) in [7, 11) is -3.02. The molecular formula is C16H19ClN4O3S3. The molecular weight excluding hydrogens is 428 g/mol. The highest BCUT2D eigenvalue weighted by molar-refractivity contribution is 8.02.